The quantitative estimate of drug-likeness (QED) is 0.848. The van der Waals surface area contributed by atoms with Crippen molar-refractivity contribution in [3.63, 3.8) is 0 Å². The maximum absolute atomic E-state index is 6.37. The Kier molecular flexibility index (Phi) is 5.47. The summed E-state index contributed by atoms with van der Waals surface area (Å²) in [4.78, 5) is 0. The second kappa shape index (κ2) is 6.95. The molecule has 0 spiro atoms. The monoisotopic (exact) mass is 369 g/mol. The lowest BCUT2D eigenvalue weighted by Gasteiger charge is -2.20. The third-order valence-electron chi connectivity index (χ3n) is 3.66. The van der Waals surface area contributed by atoms with Crippen LogP contribution in [0, 0.1) is 13.8 Å². The molecule has 1 aromatic heterocycles. The minimum atomic E-state index is 0.213. The molecule has 1 aromatic carbocycles. The van der Waals surface area contributed by atoms with Crippen LogP contribution in [0.1, 0.15) is 35.3 Å². The molecule has 0 aliphatic carbocycles. The molecule has 0 amide bonds. The van der Waals surface area contributed by atoms with E-state index in [1.165, 1.54) is 11.1 Å². The molecule has 5 heteroatoms. The summed E-state index contributed by atoms with van der Waals surface area (Å²) in [7, 11) is 1.88. The molecule has 1 N–H and O–H groups in total. The molecule has 0 aliphatic rings. The topological polar surface area (TPSA) is 29.9 Å². The van der Waals surface area contributed by atoms with E-state index in [0.29, 0.717) is 0 Å². The smallest absolute Gasteiger partial charge is 0.130 e. The number of hydrogen-bond acceptors (Lipinski definition) is 2. The molecule has 1 heterocycles. The second-order valence-electron chi connectivity index (χ2n) is 5.32. The molecule has 0 fully saturated rings. The fraction of sp³-hybridized carbons (Fsp3) is 0.438. The van der Waals surface area contributed by atoms with Gasteiger partial charge in [0.15, 0.2) is 0 Å². The van der Waals surface area contributed by atoms with Crippen molar-refractivity contribution in [2.24, 2.45) is 7.05 Å². The lowest BCUT2D eigenvalue weighted by molar-refractivity contribution is 0.547. The fourth-order valence-corrected chi connectivity index (χ4v) is 3.58. The minimum absolute atomic E-state index is 0.213. The third-order valence-corrected chi connectivity index (χ3v) is 4.82. The number of rotatable bonds is 5. The van der Waals surface area contributed by atoms with Crippen molar-refractivity contribution in [2.45, 2.75) is 33.2 Å². The van der Waals surface area contributed by atoms with Gasteiger partial charge < -0.3 is 5.32 Å². The zero-order valence-corrected chi connectivity index (χ0v) is 15.2. The summed E-state index contributed by atoms with van der Waals surface area (Å²) in [6.07, 6.45) is 0.827. The zero-order valence-electron chi connectivity index (χ0n) is 12.9. The van der Waals surface area contributed by atoms with E-state index in [9.17, 15) is 0 Å². The maximum Gasteiger partial charge on any atom is 0.130 e. The van der Waals surface area contributed by atoms with Crippen LogP contribution in [-0.2, 0) is 13.5 Å². The van der Waals surface area contributed by atoms with E-state index in [0.717, 1.165) is 33.8 Å². The fourth-order valence-electron chi connectivity index (χ4n) is 2.56. The number of aromatic nitrogens is 2. The van der Waals surface area contributed by atoms with E-state index in [-0.39, 0.29) is 6.04 Å². The van der Waals surface area contributed by atoms with Crippen LogP contribution >= 0.6 is 27.5 Å². The van der Waals surface area contributed by atoms with Gasteiger partial charge in [-0.1, -0.05) is 46.6 Å². The van der Waals surface area contributed by atoms with Gasteiger partial charge in [0.25, 0.3) is 0 Å². The molecule has 2 rings (SSSR count). The van der Waals surface area contributed by atoms with Crippen LogP contribution in [0.2, 0.25) is 5.15 Å². The van der Waals surface area contributed by atoms with Gasteiger partial charge in [-0.2, -0.15) is 5.10 Å². The molecule has 114 valence electrons. The lowest BCUT2D eigenvalue weighted by Crippen LogP contribution is -2.23. The third kappa shape index (κ3) is 3.68. The number of aryl methyl sites for hydroxylation is 3. The van der Waals surface area contributed by atoms with Crippen LogP contribution in [-0.4, -0.2) is 16.3 Å². The molecule has 0 bridgehead atoms. The lowest BCUT2D eigenvalue weighted by atomic mass is 9.98. The Hall–Kier alpha value is -0.840. The van der Waals surface area contributed by atoms with Crippen LogP contribution in [0.25, 0.3) is 0 Å². The highest BCUT2D eigenvalue weighted by Gasteiger charge is 2.19. The highest BCUT2D eigenvalue weighted by Crippen LogP contribution is 2.30. The predicted molar refractivity (Wildman–Crippen MR) is 92.0 cm³/mol. The largest absolute Gasteiger partial charge is 0.310 e. The molecule has 1 atom stereocenters. The van der Waals surface area contributed by atoms with Gasteiger partial charge in [-0.25, -0.2) is 0 Å². The van der Waals surface area contributed by atoms with Crippen LogP contribution in [0.15, 0.2) is 22.7 Å². The van der Waals surface area contributed by atoms with Crippen molar-refractivity contribution in [1.29, 1.82) is 0 Å². The summed E-state index contributed by atoms with van der Waals surface area (Å²) in [5, 5.41) is 8.67. The molecule has 1 unspecified atom stereocenters. The summed E-state index contributed by atoms with van der Waals surface area (Å²) in [5.74, 6) is 0. The Morgan fingerprint density at radius 2 is 2.10 bits per heavy atom. The Morgan fingerprint density at radius 3 is 2.62 bits per heavy atom. The number of nitrogens with zero attached hydrogens (tertiary/aromatic N) is 2. The maximum atomic E-state index is 6.37. The Bertz CT molecular complexity index is 637. The first-order chi connectivity index (χ1) is 9.93. The molecule has 0 radical (unpaired) electrons. The number of halogens is 2. The molecule has 21 heavy (non-hydrogen) atoms. The van der Waals surface area contributed by atoms with E-state index in [1.54, 1.807) is 4.68 Å². The second-order valence-corrected chi connectivity index (χ2v) is 6.53. The average molecular weight is 371 g/mol. The SMILES string of the molecule is CCNC(Cc1c(C)nn(C)c1Cl)c1ccc(C)cc1Br. The van der Waals surface area contributed by atoms with Gasteiger partial charge in [0.05, 0.1) is 5.69 Å². The molecule has 0 saturated heterocycles. The summed E-state index contributed by atoms with van der Waals surface area (Å²) >= 11 is 10.1. The molecular formula is C16H21BrClN3. The zero-order chi connectivity index (χ0) is 15.6. The molecular weight excluding hydrogens is 350 g/mol. The standard InChI is InChI=1S/C16H21BrClN3/c1-5-19-15(12-7-6-10(2)8-14(12)17)9-13-11(3)20-21(4)16(13)18/h6-8,15,19H,5,9H2,1-4H3. The summed E-state index contributed by atoms with van der Waals surface area (Å²) in [6, 6.07) is 6.68. The van der Waals surface area contributed by atoms with Gasteiger partial charge in [-0.3, -0.25) is 4.68 Å². The molecule has 2 aromatic rings. The van der Waals surface area contributed by atoms with E-state index >= 15 is 0 Å². The van der Waals surface area contributed by atoms with Crippen LogP contribution in [0.3, 0.4) is 0 Å². The van der Waals surface area contributed by atoms with Crippen molar-refractivity contribution in [3.05, 3.63) is 50.2 Å². The van der Waals surface area contributed by atoms with Gasteiger partial charge in [0.2, 0.25) is 0 Å². The molecule has 0 aliphatic heterocycles. The van der Waals surface area contributed by atoms with Gasteiger partial charge >= 0.3 is 0 Å². The first-order valence-corrected chi connectivity index (χ1v) is 8.28. The van der Waals surface area contributed by atoms with E-state index < -0.39 is 0 Å². The predicted octanol–water partition coefficient (Wildman–Crippen LogP) is 4.35. The van der Waals surface area contributed by atoms with Gasteiger partial charge in [-0.05, 0) is 44.0 Å². The number of likely N-dealkylation sites (N-methyl/N-ethyl adjacent to an activating group) is 1. The Balaban J connectivity index is 2.35. The van der Waals surface area contributed by atoms with E-state index in [2.05, 4.69) is 58.4 Å². The number of benzene rings is 1. The first-order valence-electron chi connectivity index (χ1n) is 7.11. The highest BCUT2D eigenvalue weighted by atomic mass is 79.9. The molecule has 0 saturated carbocycles. The Labute approximate surface area is 139 Å². The van der Waals surface area contributed by atoms with Crippen molar-refractivity contribution < 1.29 is 0 Å². The van der Waals surface area contributed by atoms with Gasteiger partial charge in [0, 0.05) is 23.1 Å². The van der Waals surface area contributed by atoms with Gasteiger partial charge in [-0.15, -0.1) is 0 Å². The first kappa shape index (κ1) is 16.5. The number of hydrogen-bond donors (Lipinski definition) is 1. The van der Waals surface area contributed by atoms with E-state index in [1.807, 2.05) is 14.0 Å². The van der Waals surface area contributed by atoms with Crippen LogP contribution in [0.4, 0.5) is 0 Å². The van der Waals surface area contributed by atoms with Crippen molar-refractivity contribution in [3.8, 4) is 0 Å². The number of nitrogens with one attached hydrogen (secondary N) is 1. The van der Waals surface area contributed by atoms with Crippen LogP contribution < -0.4 is 5.32 Å². The summed E-state index contributed by atoms with van der Waals surface area (Å²) in [5.41, 5.74) is 4.60. The summed E-state index contributed by atoms with van der Waals surface area (Å²) in [6.45, 7) is 7.13. The van der Waals surface area contributed by atoms with E-state index in [4.69, 9.17) is 11.6 Å². The van der Waals surface area contributed by atoms with Crippen molar-refractivity contribution >= 4 is 27.5 Å². The summed E-state index contributed by atoms with van der Waals surface area (Å²) < 4.78 is 2.87. The molecule has 3 nitrogen and oxygen atoms in total. The minimum Gasteiger partial charge on any atom is -0.310 e. The highest BCUT2D eigenvalue weighted by molar-refractivity contribution is 9.10. The average Bonchev–Trinajstić information content (AvgIpc) is 2.65. The van der Waals surface area contributed by atoms with Gasteiger partial charge in [0.1, 0.15) is 5.15 Å². The van der Waals surface area contributed by atoms with Crippen LogP contribution in [0.5, 0.6) is 0 Å². The Morgan fingerprint density at radius 1 is 1.38 bits per heavy atom. The van der Waals surface area contributed by atoms with Crippen molar-refractivity contribution in [2.75, 3.05) is 6.54 Å². The normalized spacial score (nSPS) is 12.7. The van der Waals surface area contributed by atoms with Crippen molar-refractivity contribution in [1.82, 2.24) is 15.1 Å².